The summed E-state index contributed by atoms with van der Waals surface area (Å²) in [4.78, 5) is 25.8. The highest BCUT2D eigenvalue weighted by molar-refractivity contribution is 7.85. The Hall–Kier alpha value is -2.20. The van der Waals surface area contributed by atoms with E-state index in [4.69, 9.17) is 5.11 Å². The summed E-state index contributed by atoms with van der Waals surface area (Å²) in [5.74, 6) is -1.30. The van der Waals surface area contributed by atoms with E-state index in [-0.39, 0.29) is 38.3 Å². The van der Waals surface area contributed by atoms with Crippen LogP contribution in [0.5, 0.6) is 0 Å². The number of carbonyl (C=O) groups is 2. The summed E-state index contributed by atoms with van der Waals surface area (Å²) in [5, 5.41) is 8.88. The molecule has 0 aromatic heterocycles. The van der Waals surface area contributed by atoms with Gasteiger partial charge in [-0.05, 0) is 17.7 Å². The van der Waals surface area contributed by atoms with Crippen LogP contribution in [0.25, 0.3) is 0 Å². The van der Waals surface area contributed by atoms with Crippen molar-refractivity contribution < 1.29 is 31.7 Å². The SMILES string of the molecule is CS(=O)(=O)OCc1ccc(F)c(C(=O)N2CCN(C(=O)O)CC2)c1. The Morgan fingerprint density at radius 1 is 1.21 bits per heavy atom. The maximum atomic E-state index is 13.9. The van der Waals surface area contributed by atoms with Crippen LogP contribution in [0.1, 0.15) is 15.9 Å². The van der Waals surface area contributed by atoms with Gasteiger partial charge in [0, 0.05) is 26.2 Å². The van der Waals surface area contributed by atoms with E-state index in [0.29, 0.717) is 5.56 Å². The molecule has 1 aliphatic heterocycles. The van der Waals surface area contributed by atoms with Gasteiger partial charge in [0.15, 0.2) is 0 Å². The van der Waals surface area contributed by atoms with Crippen molar-refractivity contribution in [2.24, 2.45) is 0 Å². The maximum absolute atomic E-state index is 13.9. The van der Waals surface area contributed by atoms with Gasteiger partial charge >= 0.3 is 6.09 Å². The quantitative estimate of drug-likeness (QED) is 0.794. The molecule has 1 aromatic rings. The molecule has 1 aliphatic rings. The third kappa shape index (κ3) is 4.65. The van der Waals surface area contributed by atoms with Gasteiger partial charge in [0.05, 0.1) is 18.4 Å². The highest BCUT2D eigenvalue weighted by Crippen LogP contribution is 2.16. The second-order valence-corrected chi connectivity index (χ2v) is 6.99. The molecule has 1 N–H and O–H groups in total. The van der Waals surface area contributed by atoms with Crippen molar-refractivity contribution in [2.75, 3.05) is 32.4 Å². The fourth-order valence-corrected chi connectivity index (χ4v) is 2.62. The van der Waals surface area contributed by atoms with E-state index < -0.39 is 27.9 Å². The van der Waals surface area contributed by atoms with Crippen LogP contribution in [0.15, 0.2) is 18.2 Å². The Labute approximate surface area is 138 Å². The molecule has 8 nitrogen and oxygen atoms in total. The summed E-state index contributed by atoms with van der Waals surface area (Å²) in [6.07, 6.45) is -0.168. The lowest BCUT2D eigenvalue weighted by molar-refractivity contribution is 0.0620. The monoisotopic (exact) mass is 360 g/mol. The standard InChI is InChI=1S/C14H17FN2O6S/c1-24(21,22)23-9-10-2-3-12(15)11(8-10)13(18)16-4-6-17(7-5-16)14(19)20/h2-3,8H,4-7,9H2,1H3,(H,19,20). The first-order chi connectivity index (χ1) is 11.2. The first-order valence-electron chi connectivity index (χ1n) is 7.07. The number of benzene rings is 1. The van der Waals surface area contributed by atoms with Gasteiger partial charge in [-0.25, -0.2) is 9.18 Å². The van der Waals surface area contributed by atoms with E-state index in [1.54, 1.807) is 0 Å². The van der Waals surface area contributed by atoms with Crippen LogP contribution < -0.4 is 0 Å². The number of hydrogen-bond acceptors (Lipinski definition) is 5. The third-order valence-electron chi connectivity index (χ3n) is 3.54. The minimum absolute atomic E-state index is 0.152. The number of nitrogens with zero attached hydrogens (tertiary/aromatic N) is 2. The molecule has 0 atom stereocenters. The third-order valence-corrected chi connectivity index (χ3v) is 4.08. The maximum Gasteiger partial charge on any atom is 0.407 e. The van der Waals surface area contributed by atoms with E-state index in [2.05, 4.69) is 4.18 Å². The second-order valence-electron chi connectivity index (χ2n) is 5.34. The molecule has 0 unspecified atom stereocenters. The van der Waals surface area contributed by atoms with Crippen molar-refractivity contribution in [3.63, 3.8) is 0 Å². The van der Waals surface area contributed by atoms with Gasteiger partial charge in [0.1, 0.15) is 5.82 Å². The summed E-state index contributed by atoms with van der Waals surface area (Å²) in [5.41, 5.74) is 0.141. The zero-order valence-corrected chi connectivity index (χ0v) is 13.8. The van der Waals surface area contributed by atoms with E-state index in [1.165, 1.54) is 21.9 Å². The highest BCUT2D eigenvalue weighted by Gasteiger charge is 2.26. The van der Waals surface area contributed by atoms with E-state index in [1.807, 2.05) is 0 Å². The van der Waals surface area contributed by atoms with Gasteiger partial charge in [0.25, 0.3) is 16.0 Å². The molecule has 10 heteroatoms. The average Bonchev–Trinajstić information content (AvgIpc) is 2.52. The Morgan fingerprint density at radius 3 is 2.33 bits per heavy atom. The molecule has 2 rings (SSSR count). The average molecular weight is 360 g/mol. The molecule has 132 valence electrons. The number of rotatable bonds is 4. The zero-order valence-electron chi connectivity index (χ0n) is 12.9. The Morgan fingerprint density at radius 2 is 1.79 bits per heavy atom. The van der Waals surface area contributed by atoms with E-state index >= 15 is 0 Å². The molecule has 24 heavy (non-hydrogen) atoms. The second kappa shape index (κ2) is 7.14. The van der Waals surface area contributed by atoms with Crippen LogP contribution in [0.2, 0.25) is 0 Å². The molecular formula is C14H17FN2O6S. The lowest BCUT2D eigenvalue weighted by Crippen LogP contribution is -2.50. The minimum atomic E-state index is -3.65. The first-order valence-corrected chi connectivity index (χ1v) is 8.89. The lowest BCUT2D eigenvalue weighted by Gasteiger charge is -2.33. The normalized spacial score (nSPS) is 15.4. The zero-order chi connectivity index (χ0) is 17.9. The fourth-order valence-electron chi connectivity index (χ4n) is 2.27. The summed E-state index contributed by atoms with van der Waals surface area (Å²) in [6, 6.07) is 3.65. The van der Waals surface area contributed by atoms with Crippen LogP contribution in [-0.2, 0) is 20.9 Å². The summed E-state index contributed by atoms with van der Waals surface area (Å²) < 4.78 is 40.6. The number of hydrogen-bond donors (Lipinski definition) is 1. The van der Waals surface area contributed by atoms with Gasteiger partial charge in [-0.3, -0.25) is 8.98 Å². The molecule has 0 spiro atoms. The predicted octanol–water partition coefficient (Wildman–Crippen LogP) is 0.738. The number of carboxylic acid groups (broad SMARTS) is 1. The minimum Gasteiger partial charge on any atom is -0.465 e. The Balaban J connectivity index is 2.10. The largest absolute Gasteiger partial charge is 0.465 e. The Bertz CT molecular complexity index is 744. The lowest BCUT2D eigenvalue weighted by atomic mass is 10.1. The van der Waals surface area contributed by atoms with Crippen molar-refractivity contribution in [2.45, 2.75) is 6.61 Å². The van der Waals surface area contributed by atoms with Crippen LogP contribution in [0.4, 0.5) is 9.18 Å². The van der Waals surface area contributed by atoms with Gasteiger partial charge in [-0.2, -0.15) is 8.42 Å². The van der Waals surface area contributed by atoms with Crippen LogP contribution in [0.3, 0.4) is 0 Å². The molecule has 0 radical (unpaired) electrons. The molecule has 1 saturated heterocycles. The molecule has 0 saturated carbocycles. The number of amides is 2. The van der Waals surface area contributed by atoms with Crippen molar-refractivity contribution in [3.8, 4) is 0 Å². The predicted molar refractivity (Wildman–Crippen MR) is 81.5 cm³/mol. The van der Waals surface area contributed by atoms with Crippen LogP contribution in [0, 0.1) is 5.82 Å². The number of carbonyl (C=O) groups excluding carboxylic acids is 1. The van der Waals surface area contributed by atoms with E-state index in [0.717, 1.165) is 12.3 Å². The van der Waals surface area contributed by atoms with Gasteiger partial charge in [-0.15, -0.1) is 0 Å². The molecule has 0 bridgehead atoms. The van der Waals surface area contributed by atoms with Crippen LogP contribution >= 0.6 is 0 Å². The molecule has 1 fully saturated rings. The summed E-state index contributed by atoms with van der Waals surface area (Å²) in [7, 11) is -3.65. The van der Waals surface area contributed by atoms with Crippen molar-refractivity contribution in [3.05, 3.63) is 35.1 Å². The summed E-state index contributed by atoms with van der Waals surface area (Å²) >= 11 is 0. The highest BCUT2D eigenvalue weighted by atomic mass is 32.2. The molecule has 1 aromatic carbocycles. The van der Waals surface area contributed by atoms with E-state index in [9.17, 15) is 22.4 Å². The summed E-state index contributed by atoms with van der Waals surface area (Å²) in [6.45, 7) is 0.328. The van der Waals surface area contributed by atoms with Gasteiger partial charge in [-0.1, -0.05) is 6.07 Å². The van der Waals surface area contributed by atoms with Gasteiger partial charge < -0.3 is 14.9 Å². The Kier molecular flexibility index (Phi) is 5.40. The van der Waals surface area contributed by atoms with Crippen LogP contribution in [-0.4, -0.2) is 67.8 Å². The smallest absolute Gasteiger partial charge is 0.407 e. The molecular weight excluding hydrogens is 343 g/mol. The first kappa shape index (κ1) is 18.1. The van der Waals surface area contributed by atoms with Crippen molar-refractivity contribution >= 4 is 22.1 Å². The van der Waals surface area contributed by atoms with Crippen molar-refractivity contribution in [1.82, 2.24) is 9.80 Å². The topological polar surface area (TPSA) is 104 Å². The van der Waals surface area contributed by atoms with Crippen molar-refractivity contribution in [1.29, 1.82) is 0 Å². The molecule has 1 heterocycles. The molecule has 2 amide bonds. The fraction of sp³-hybridized carbons (Fsp3) is 0.429. The number of halogens is 1. The number of piperazine rings is 1. The molecule has 0 aliphatic carbocycles. The van der Waals surface area contributed by atoms with Gasteiger partial charge in [0.2, 0.25) is 0 Å².